The molecule has 0 aliphatic heterocycles. The second kappa shape index (κ2) is 8.63. The zero-order valence-electron chi connectivity index (χ0n) is 11.0. The maximum Gasteiger partial charge on any atom is 0.242 e. The lowest BCUT2D eigenvalue weighted by Gasteiger charge is -2.04. The molecule has 0 aliphatic carbocycles. The Bertz CT molecular complexity index is 488. The van der Waals surface area contributed by atoms with Crippen LogP contribution in [-0.2, 0) is 16.6 Å². The predicted octanol–water partition coefficient (Wildman–Crippen LogP) is 2.65. The van der Waals surface area contributed by atoms with Gasteiger partial charge < -0.3 is 5.32 Å². The summed E-state index contributed by atoms with van der Waals surface area (Å²) in [6.45, 7) is 4.06. The van der Waals surface area contributed by atoms with Crippen LogP contribution in [0.25, 0.3) is 0 Å². The maximum atomic E-state index is 12.1. The van der Waals surface area contributed by atoms with Crippen molar-refractivity contribution in [3.8, 4) is 0 Å². The van der Waals surface area contributed by atoms with Crippen molar-refractivity contribution in [1.82, 2.24) is 10.0 Å². The first-order valence-corrected chi connectivity index (χ1v) is 10.5. The Kier molecular flexibility index (Phi) is 7.93. The molecule has 0 unspecified atom stereocenters. The quantitative estimate of drug-likeness (QED) is 0.640. The lowest BCUT2D eigenvalue weighted by molar-refractivity contribution is 0.581. The van der Waals surface area contributed by atoms with Crippen molar-refractivity contribution in [1.29, 1.82) is 0 Å². The van der Waals surface area contributed by atoms with E-state index in [0.717, 1.165) is 23.6 Å². The van der Waals surface area contributed by atoms with Crippen molar-refractivity contribution < 1.29 is 8.42 Å². The van der Waals surface area contributed by atoms with Gasteiger partial charge in [-0.2, -0.15) is 11.8 Å². The van der Waals surface area contributed by atoms with Gasteiger partial charge in [-0.3, -0.25) is 0 Å². The smallest absolute Gasteiger partial charge is 0.242 e. The van der Waals surface area contributed by atoms with Gasteiger partial charge in [0.2, 0.25) is 10.0 Å². The molecule has 0 aliphatic rings. The summed E-state index contributed by atoms with van der Waals surface area (Å²) < 4.78 is 27.6. The largest absolute Gasteiger partial charge is 0.312 e. The molecule has 19 heavy (non-hydrogen) atoms. The predicted molar refractivity (Wildman–Crippen MR) is 87.6 cm³/mol. The molecular formula is C11H19BrN2O2S3. The number of thiophene rings is 1. The molecule has 2 N–H and O–H groups in total. The first-order chi connectivity index (χ1) is 9.01. The molecule has 1 aromatic heterocycles. The third-order valence-electron chi connectivity index (χ3n) is 2.36. The summed E-state index contributed by atoms with van der Waals surface area (Å²) in [4.78, 5) is 1.35. The van der Waals surface area contributed by atoms with Crippen molar-refractivity contribution >= 4 is 49.1 Å². The number of hydrogen-bond acceptors (Lipinski definition) is 5. The van der Waals surface area contributed by atoms with E-state index in [2.05, 4.69) is 26.0 Å². The Morgan fingerprint density at radius 2 is 2.21 bits per heavy atom. The summed E-state index contributed by atoms with van der Waals surface area (Å²) in [7, 11) is -3.40. The molecule has 1 rings (SSSR count). The minimum absolute atomic E-state index is 0.342. The number of thioether (sulfide) groups is 1. The second-order valence-electron chi connectivity index (χ2n) is 3.88. The Hall–Kier alpha value is 0.400. The third kappa shape index (κ3) is 5.73. The summed E-state index contributed by atoms with van der Waals surface area (Å²) in [5, 5.41) is 3.19. The molecule has 0 bridgehead atoms. The van der Waals surface area contributed by atoms with Crippen LogP contribution in [0.2, 0.25) is 0 Å². The summed E-state index contributed by atoms with van der Waals surface area (Å²) in [6, 6.07) is 1.73. The van der Waals surface area contributed by atoms with E-state index in [9.17, 15) is 8.42 Å². The third-order valence-corrected chi connectivity index (χ3v) is 6.77. The van der Waals surface area contributed by atoms with Crippen LogP contribution in [0.5, 0.6) is 0 Å². The molecule has 1 aromatic rings. The van der Waals surface area contributed by atoms with E-state index in [0.29, 0.717) is 21.8 Å². The van der Waals surface area contributed by atoms with Gasteiger partial charge in [0.1, 0.15) is 4.90 Å². The fourth-order valence-corrected chi connectivity index (χ4v) is 5.57. The van der Waals surface area contributed by atoms with Gasteiger partial charge in [-0.1, -0.05) is 6.92 Å². The zero-order chi connectivity index (χ0) is 14.3. The second-order valence-corrected chi connectivity index (χ2v) is 9.05. The van der Waals surface area contributed by atoms with Crippen LogP contribution < -0.4 is 10.0 Å². The molecule has 0 amide bonds. The molecule has 110 valence electrons. The van der Waals surface area contributed by atoms with Crippen LogP contribution in [0, 0.1) is 0 Å². The van der Waals surface area contributed by atoms with Gasteiger partial charge in [0, 0.05) is 18.0 Å². The Morgan fingerprint density at radius 1 is 1.47 bits per heavy atom. The molecule has 8 heteroatoms. The SMILES string of the molecule is CCNCc1cc(S(=O)(=O)NCCCSC)c(Br)s1. The van der Waals surface area contributed by atoms with E-state index in [4.69, 9.17) is 0 Å². The van der Waals surface area contributed by atoms with Gasteiger partial charge in [-0.15, -0.1) is 11.3 Å². The fourth-order valence-electron chi connectivity index (χ4n) is 1.42. The van der Waals surface area contributed by atoms with E-state index >= 15 is 0 Å². The van der Waals surface area contributed by atoms with Gasteiger partial charge in [0.05, 0.1) is 3.79 Å². The summed E-state index contributed by atoms with van der Waals surface area (Å²) in [6.07, 6.45) is 2.85. The van der Waals surface area contributed by atoms with Gasteiger partial charge >= 0.3 is 0 Å². The van der Waals surface area contributed by atoms with Crippen molar-refractivity contribution in [2.24, 2.45) is 0 Å². The molecular weight excluding hydrogens is 368 g/mol. The number of nitrogens with one attached hydrogen (secondary N) is 2. The highest BCUT2D eigenvalue weighted by Gasteiger charge is 2.20. The highest BCUT2D eigenvalue weighted by molar-refractivity contribution is 9.11. The van der Waals surface area contributed by atoms with E-state index < -0.39 is 10.0 Å². The summed E-state index contributed by atoms with van der Waals surface area (Å²) in [5.74, 6) is 0.957. The first-order valence-electron chi connectivity index (χ1n) is 5.98. The normalized spacial score (nSPS) is 11.9. The lowest BCUT2D eigenvalue weighted by atomic mass is 10.4. The van der Waals surface area contributed by atoms with Gasteiger partial charge in [-0.05, 0) is 47.0 Å². The van der Waals surface area contributed by atoms with E-state index in [1.807, 2.05) is 13.2 Å². The van der Waals surface area contributed by atoms with Gasteiger partial charge in [0.25, 0.3) is 0 Å². The van der Waals surface area contributed by atoms with E-state index in [-0.39, 0.29) is 0 Å². The molecule has 0 saturated heterocycles. The maximum absolute atomic E-state index is 12.1. The molecule has 0 saturated carbocycles. The molecule has 4 nitrogen and oxygen atoms in total. The molecule has 0 spiro atoms. The van der Waals surface area contributed by atoms with E-state index in [1.54, 1.807) is 17.8 Å². The van der Waals surface area contributed by atoms with Crippen LogP contribution >= 0.6 is 39.0 Å². The van der Waals surface area contributed by atoms with Crippen molar-refractivity contribution in [3.05, 3.63) is 14.7 Å². The van der Waals surface area contributed by atoms with Crippen LogP contribution in [0.3, 0.4) is 0 Å². The minimum Gasteiger partial charge on any atom is -0.312 e. The summed E-state index contributed by atoms with van der Waals surface area (Å²) >= 11 is 6.50. The highest BCUT2D eigenvalue weighted by atomic mass is 79.9. The summed E-state index contributed by atoms with van der Waals surface area (Å²) in [5.41, 5.74) is 0. The fraction of sp³-hybridized carbons (Fsp3) is 0.636. The lowest BCUT2D eigenvalue weighted by Crippen LogP contribution is -2.25. The van der Waals surface area contributed by atoms with Crippen LogP contribution in [0.15, 0.2) is 14.7 Å². The Morgan fingerprint density at radius 3 is 2.84 bits per heavy atom. The van der Waals surface area contributed by atoms with Crippen molar-refractivity contribution in [2.45, 2.75) is 24.8 Å². The van der Waals surface area contributed by atoms with Crippen LogP contribution in [0.4, 0.5) is 0 Å². The average Bonchev–Trinajstić information content (AvgIpc) is 2.74. The van der Waals surface area contributed by atoms with Gasteiger partial charge in [0.15, 0.2) is 0 Å². The molecule has 0 aromatic carbocycles. The Balaban J connectivity index is 2.69. The number of sulfonamides is 1. The Labute approximate surface area is 131 Å². The molecule has 1 heterocycles. The molecule has 0 radical (unpaired) electrons. The number of rotatable bonds is 9. The minimum atomic E-state index is -3.40. The van der Waals surface area contributed by atoms with Crippen LogP contribution in [-0.4, -0.2) is 33.5 Å². The highest BCUT2D eigenvalue weighted by Crippen LogP contribution is 2.31. The topological polar surface area (TPSA) is 58.2 Å². The van der Waals surface area contributed by atoms with Crippen LogP contribution in [0.1, 0.15) is 18.2 Å². The standard InChI is InChI=1S/C11H19BrN2O2S3/c1-3-13-8-9-7-10(11(12)18-9)19(15,16)14-5-4-6-17-2/h7,13-14H,3-6,8H2,1-2H3. The van der Waals surface area contributed by atoms with Crippen molar-refractivity contribution in [3.63, 3.8) is 0 Å². The monoisotopic (exact) mass is 386 g/mol. The molecule has 0 atom stereocenters. The number of halogens is 1. The molecule has 0 fully saturated rings. The number of hydrogen-bond donors (Lipinski definition) is 2. The average molecular weight is 387 g/mol. The van der Waals surface area contributed by atoms with E-state index in [1.165, 1.54) is 11.3 Å². The zero-order valence-corrected chi connectivity index (χ0v) is 15.1. The first kappa shape index (κ1) is 17.5. The van der Waals surface area contributed by atoms with Crippen molar-refractivity contribution in [2.75, 3.05) is 25.1 Å². The van der Waals surface area contributed by atoms with Gasteiger partial charge in [-0.25, -0.2) is 13.1 Å².